The summed E-state index contributed by atoms with van der Waals surface area (Å²) in [6.07, 6.45) is 0. The van der Waals surface area contributed by atoms with Crippen molar-refractivity contribution >= 4 is 39.3 Å². The zero-order valence-electron chi connectivity index (χ0n) is 25.3. The molecule has 6 aromatic carbocycles. The van der Waals surface area contributed by atoms with Crippen molar-refractivity contribution in [2.75, 3.05) is 4.90 Å². The average Bonchev–Trinajstić information content (AvgIpc) is 3.51. The Labute approximate surface area is 261 Å². The summed E-state index contributed by atoms with van der Waals surface area (Å²) >= 11 is 0. The molecule has 0 radical (unpaired) electrons. The molecule has 4 nitrogen and oxygen atoms in total. The van der Waals surface area contributed by atoms with Crippen LogP contribution < -0.4 is 4.90 Å². The summed E-state index contributed by atoms with van der Waals surface area (Å²) in [7, 11) is 0. The van der Waals surface area contributed by atoms with Gasteiger partial charge in [0.1, 0.15) is 0 Å². The highest BCUT2D eigenvalue weighted by Gasteiger charge is 2.39. The Kier molecular flexibility index (Phi) is 6.07. The molecule has 1 aliphatic heterocycles. The van der Waals surface area contributed by atoms with E-state index in [9.17, 15) is 9.59 Å². The van der Waals surface area contributed by atoms with E-state index < -0.39 is 0 Å². The number of amides is 2. The smallest absolute Gasteiger partial charge is 0.268 e. The van der Waals surface area contributed by atoms with Gasteiger partial charge in [-0.05, 0) is 90.6 Å². The van der Waals surface area contributed by atoms with E-state index in [0.29, 0.717) is 22.5 Å². The van der Waals surface area contributed by atoms with E-state index in [0.717, 1.165) is 38.5 Å². The van der Waals surface area contributed by atoms with Crippen LogP contribution in [0.2, 0.25) is 0 Å². The van der Waals surface area contributed by atoms with Gasteiger partial charge in [-0.25, -0.2) is 4.90 Å². The van der Waals surface area contributed by atoms with E-state index in [1.165, 1.54) is 27.2 Å². The van der Waals surface area contributed by atoms with E-state index in [-0.39, 0.29) is 11.8 Å². The molecule has 0 saturated carbocycles. The summed E-state index contributed by atoms with van der Waals surface area (Å²) in [5.74, 6) is -0.623. The molecule has 0 aliphatic carbocycles. The molecule has 45 heavy (non-hydrogen) atoms. The molecule has 0 atom stereocenters. The normalized spacial score (nSPS) is 12.8. The molecule has 7 aromatic rings. The summed E-state index contributed by atoms with van der Waals surface area (Å²) in [5.41, 5.74) is 12.2. The fourth-order valence-electron chi connectivity index (χ4n) is 7.14. The molecule has 0 fully saturated rings. The van der Waals surface area contributed by atoms with Crippen LogP contribution in [0.15, 0.2) is 127 Å². The SMILES string of the molecule is Cc1cc(C)c(-c2ccc3c4ccccc4n(-c4cccc5c4C(=O)N(c4ccc(-c6ccccc6)cc4)C5=O)c3c2)c(C)c1. The third-order valence-corrected chi connectivity index (χ3v) is 9.01. The molecule has 0 spiro atoms. The van der Waals surface area contributed by atoms with Crippen molar-refractivity contribution in [1.29, 1.82) is 0 Å². The van der Waals surface area contributed by atoms with Crippen molar-refractivity contribution in [3.8, 4) is 27.9 Å². The van der Waals surface area contributed by atoms with Gasteiger partial charge in [0.15, 0.2) is 0 Å². The first-order valence-electron chi connectivity index (χ1n) is 15.2. The number of fused-ring (bicyclic) bond motifs is 4. The maximum Gasteiger partial charge on any atom is 0.268 e. The van der Waals surface area contributed by atoms with Gasteiger partial charge in [-0.15, -0.1) is 0 Å². The third kappa shape index (κ3) is 4.14. The molecule has 2 heterocycles. The zero-order chi connectivity index (χ0) is 30.8. The minimum atomic E-state index is -0.314. The first kappa shape index (κ1) is 26.9. The number of hydrogen-bond acceptors (Lipinski definition) is 2. The number of hydrogen-bond donors (Lipinski definition) is 0. The summed E-state index contributed by atoms with van der Waals surface area (Å²) in [6.45, 7) is 6.44. The summed E-state index contributed by atoms with van der Waals surface area (Å²) < 4.78 is 2.15. The molecule has 0 N–H and O–H groups in total. The lowest BCUT2D eigenvalue weighted by molar-refractivity contribution is 0.0926. The Balaban J connectivity index is 1.30. The van der Waals surface area contributed by atoms with E-state index in [1.807, 2.05) is 78.9 Å². The molecule has 0 bridgehead atoms. The van der Waals surface area contributed by atoms with Crippen LogP contribution in [-0.2, 0) is 0 Å². The largest absolute Gasteiger partial charge is 0.308 e. The van der Waals surface area contributed by atoms with Crippen molar-refractivity contribution < 1.29 is 9.59 Å². The monoisotopic (exact) mass is 582 g/mol. The number of nitrogens with zero attached hydrogens (tertiary/aromatic N) is 2. The minimum Gasteiger partial charge on any atom is -0.308 e. The van der Waals surface area contributed by atoms with Gasteiger partial charge in [0.05, 0.1) is 33.5 Å². The van der Waals surface area contributed by atoms with Gasteiger partial charge in [-0.1, -0.05) is 96.6 Å². The molecule has 2 amide bonds. The van der Waals surface area contributed by atoms with E-state index in [4.69, 9.17) is 0 Å². The van der Waals surface area contributed by atoms with Crippen LogP contribution in [0.25, 0.3) is 49.7 Å². The lowest BCUT2D eigenvalue weighted by atomic mass is 9.93. The second-order valence-corrected chi connectivity index (χ2v) is 11.9. The van der Waals surface area contributed by atoms with Gasteiger partial charge in [0, 0.05) is 10.8 Å². The quantitative estimate of drug-likeness (QED) is 0.194. The predicted octanol–water partition coefficient (Wildman–Crippen LogP) is 9.84. The van der Waals surface area contributed by atoms with Crippen LogP contribution in [-0.4, -0.2) is 16.4 Å². The van der Waals surface area contributed by atoms with Crippen LogP contribution in [0.3, 0.4) is 0 Å². The van der Waals surface area contributed by atoms with Crippen LogP contribution in [0, 0.1) is 20.8 Å². The number of benzene rings is 6. The number of carbonyl (C=O) groups excluding carboxylic acids is 2. The zero-order valence-corrected chi connectivity index (χ0v) is 25.3. The number of aromatic nitrogens is 1. The van der Waals surface area contributed by atoms with Crippen molar-refractivity contribution in [1.82, 2.24) is 4.57 Å². The van der Waals surface area contributed by atoms with Crippen LogP contribution in [0.5, 0.6) is 0 Å². The minimum absolute atomic E-state index is 0.309. The van der Waals surface area contributed by atoms with Crippen molar-refractivity contribution in [2.24, 2.45) is 0 Å². The number of imide groups is 1. The highest BCUT2D eigenvalue weighted by molar-refractivity contribution is 6.35. The Morgan fingerprint density at radius 3 is 1.89 bits per heavy atom. The predicted molar refractivity (Wildman–Crippen MR) is 183 cm³/mol. The van der Waals surface area contributed by atoms with E-state index in [1.54, 1.807) is 6.07 Å². The van der Waals surface area contributed by atoms with Crippen molar-refractivity contribution in [3.63, 3.8) is 0 Å². The number of carbonyl (C=O) groups is 2. The topological polar surface area (TPSA) is 42.3 Å². The van der Waals surface area contributed by atoms with Gasteiger partial charge in [-0.3, -0.25) is 9.59 Å². The standard InChI is InChI=1S/C41H30N2O2/c1-25-22-26(2)38(27(3)23-25)30-18-21-33-32-12-7-8-14-35(32)43(37(33)24-30)36-15-9-13-34-39(36)41(45)42(40(34)44)31-19-16-29(17-20-31)28-10-5-4-6-11-28/h4-24H,1-3H3. The number of anilines is 1. The molecule has 4 heteroatoms. The van der Waals surface area contributed by atoms with E-state index >= 15 is 0 Å². The van der Waals surface area contributed by atoms with Crippen molar-refractivity contribution in [2.45, 2.75) is 20.8 Å². The summed E-state index contributed by atoms with van der Waals surface area (Å²) in [4.78, 5) is 29.4. The first-order chi connectivity index (χ1) is 21.9. The maximum absolute atomic E-state index is 14.3. The Morgan fingerprint density at radius 1 is 0.489 bits per heavy atom. The first-order valence-corrected chi connectivity index (χ1v) is 15.2. The van der Waals surface area contributed by atoms with Gasteiger partial charge in [0.2, 0.25) is 0 Å². The summed E-state index contributed by atoms with van der Waals surface area (Å²) in [5, 5.41) is 2.19. The molecule has 216 valence electrons. The van der Waals surface area contributed by atoms with Crippen LogP contribution >= 0.6 is 0 Å². The highest BCUT2D eigenvalue weighted by Crippen LogP contribution is 2.40. The number of para-hydroxylation sites is 1. The van der Waals surface area contributed by atoms with Crippen LogP contribution in [0.1, 0.15) is 37.4 Å². The van der Waals surface area contributed by atoms with Gasteiger partial charge < -0.3 is 4.57 Å². The molecular formula is C41H30N2O2. The van der Waals surface area contributed by atoms with Crippen LogP contribution in [0.4, 0.5) is 5.69 Å². The second kappa shape index (κ2) is 10.2. The van der Waals surface area contributed by atoms with Gasteiger partial charge in [0.25, 0.3) is 11.8 Å². The maximum atomic E-state index is 14.3. The molecule has 1 aromatic heterocycles. The average molecular weight is 583 g/mol. The van der Waals surface area contributed by atoms with Crippen molar-refractivity contribution in [3.05, 3.63) is 155 Å². The Bertz CT molecular complexity index is 2310. The second-order valence-electron chi connectivity index (χ2n) is 11.9. The van der Waals surface area contributed by atoms with Gasteiger partial charge >= 0.3 is 0 Å². The molecule has 0 saturated heterocycles. The fraction of sp³-hybridized carbons (Fsp3) is 0.0732. The number of aryl methyl sites for hydroxylation is 3. The van der Waals surface area contributed by atoms with E-state index in [2.05, 4.69) is 67.8 Å². The number of rotatable bonds is 4. The lowest BCUT2D eigenvalue weighted by Gasteiger charge is -2.16. The third-order valence-electron chi connectivity index (χ3n) is 9.01. The highest BCUT2D eigenvalue weighted by atomic mass is 16.2. The van der Waals surface area contributed by atoms with Gasteiger partial charge in [-0.2, -0.15) is 0 Å². The Hall–Kier alpha value is -5.74. The molecule has 8 rings (SSSR count). The molecule has 0 unspecified atom stereocenters. The lowest BCUT2D eigenvalue weighted by Crippen LogP contribution is -2.29. The fourth-order valence-corrected chi connectivity index (χ4v) is 7.14. The summed E-state index contributed by atoms with van der Waals surface area (Å²) in [6, 6.07) is 42.6. The Morgan fingerprint density at radius 2 is 1.13 bits per heavy atom. The molecule has 1 aliphatic rings. The molecular weight excluding hydrogens is 552 g/mol.